The van der Waals surface area contributed by atoms with Gasteiger partial charge >= 0.3 is 0 Å². The molecular formula is C13H18ClFN2O. The van der Waals surface area contributed by atoms with E-state index in [0.717, 1.165) is 32.6 Å². The molecular weight excluding hydrogens is 255 g/mol. The molecule has 1 aliphatic rings. The minimum atomic E-state index is -0.265. The first-order valence-electron chi connectivity index (χ1n) is 5.94. The van der Waals surface area contributed by atoms with Gasteiger partial charge in [0.1, 0.15) is 5.82 Å². The Bertz CT molecular complexity index is 417. The van der Waals surface area contributed by atoms with E-state index in [1.165, 1.54) is 6.07 Å². The predicted molar refractivity (Wildman–Crippen MR) is 71.8 cm³/mol. The Morgan fingerprint density at radius 1 is 1.33 bits per heavy atom. The molecule has 3 nitrogen and oxygen atoms in total. The van der Waals surface area contributed by atoms with Crippen LogP contribution in [0.5, 0.6) is 0 Å². The van der Waals surface area contributed by atoms with E-state index in [4.69, 9.17) is 0 Å². The van der Waals surface area contributed by atoms with Gasteiger partial charge in [0.05, 0.1) is 0 Å². The van der Waals surface area contributed by atoms with Gasteiger partial charge in [-0.1, -0.05) is 0 Å². The first-order valence-corrected chi connectivity index (χ1v) is 5.94. The molecule has 1 heterocycles. The summed E-state index contributed by atoms with van der Waals surface area (Å²) in [6.07, 6.45) is 0.964. The van der Waals surface area contributed by atoms with Gasteiger partial charge in [0, 0.05) is 25.2 Å². The van der Waals surface area contributed by atoms with Crippen molar-refractivity contribution in [3.8, 4) is 0 Å². The fourth-order valence-electron chi connectivity index (χ4n) is 2.01. The van der Waals surface area contributed by atoms with Crippen LogP contribution in [-0.4, -0.2) is 37.0 Å². The maximum atomic E-state index is 13.1. The standard InChI is InChI=1S/C13H17FN2O.ClH/c1-10-9-11(3-4-12(10)14)13(17)16-7-2-5-15-6-8-16;/h3-4,9,15H,2,5-8H2,1H3;1H. The van der Waals surface area contributed by atoms with Crippen LogP contribution >= 0.6 is 12.4 Å². The van der Waals surface area contributed by atoms with Gasteiger partial charge < -0.3 is 10.2 Å². The Morgan fingerprint density at radius 2 is 2.11 bits per heavy atom. The molecule has 18 heavy (non-hydrogen) atoms. The maximum absolute atomic E-state index is 13.1. The number of hydrogen-bond acceptors (Lipinski definition) is 2. The first kappa shape index (κ1) is 14.9. The SMILES string of the molecule is Cc1cc(C(=O)N2CCCNCC2)ccc1F.Cl. The quantitative estimate of drug-likeness (QED) is 0.848. The lowest BCUT2D eigenvalue weighted by Gasteiger charge is -2.20. The highest BCUT2D eigenvalue weighted by Crippen LogP contribution is 2.12. The number of benzene rings is 1. The van der Waals surface area contributed by atoms with Gasteiger partial charge in [-0.25, -0.2) is 4.39 Å². The van der Waals surface area contributed by atoms with Crippen LogP contribution in [-0.2, 0) is 0 Å². The number of amides is 1. The summed E-state index contributed by atoms with van der Waals surface area (Å²) in [6.45, 7) is 4.94. The number of halogens is 2. The molecule has 1 saturated heterocycles. The zero-order valence-corrected chi connectivity index (χ0v) is 11.2. The fourth-order valence-corrected chi connectivity index (χ4v) is 2.01. The lowest BCUT2D eigenvalue weighted by molar-refractivity contribution is 0.0766. The van der Waals surface area contributed by atoms with E-state index in [1.807, 2.05) is 4.90 Å². The van der Waals surface area contributed by atoms with Gasteiger partial charge in [-0.05, 0) is 43.7 Å². The highest BCUT2D eigenvalue weighted by molar-refractivity contribution is 5.94. The molecule has 0 saturated carbocycles. The van der Waals surface area contributed by atoms with E-state index in [1.54, 1.807) is 19.1 Å². The number of carbonyl (C=O) groups excluding carboxylic acids is 1. The van der Waals surface area contributed by atoms with Crippen LogP contribution in [0.25, 0.3) is 0 Å². The van der Waals surface area contributed by atoms with Gasteiger partial charge in [0.25, 0.3) is 5.91 Å². The molecule has 0 aromatic heterocycles. The summed E-state index contributed by atoms with van der Waals surface area (Å²) in [5.41, 5.74) is 1.09. The van der Waals surface area contributed by atoms with Crippen molar-refractivity contribution in [3.05, 3.63) is 35.1 Å². The molecule has 2 rings (SSSR count). The Labute approximate surface area is 113 Å². The number of nitrogens with zero attached hydrogens (tertiary/aromatic N) is 1. The molecule has 0 aliphatic carbocycles. The third-order valence-electron chi connectivity index (χ3n) is 3.03. The van der Waals surface area contributed by atoms with Crippen molar-refractivity contribution in [2.24, 2.45) is 0 Å². The monoisotopic (exact) mass is 272 g/mol. The van der Waals surface area contributed by atoms with E-state index in [-0.39, 0.29) is 24.1 Å². The Morgan fingerprint density at radius 3 is 2.83 bits per heavy atom. The highest BCUT2D eigenvalue weighted by Gasteiger charge is 2.17. The second kappa shape index (κ2) is 6.71. The number of carbonyl (C=O) groups is 1. The molecule has 0 spiro atoms. The fraction of sp³-hybridized carbons (Fsp3) is 0.462. The van der Waals surface area contributed by atoms with Crippen LogP contribution in [0.1, 0.15) is 22.3 Å². The Hall–Kier alpha value is -1.13. The highest BCUT2D eigenvalue weighted by atomic mass is 35.5. The second-order valence-corrected chi connectivity index (χ2v) is 4.36. The average molecular weight is 273 g/mol. The van der Waals surface area contributed by atoms with E-state index in [0.29, 0.717) is 11.1 Å². The minimum Gasteiger partial charge on any atom is -0.337 e. The van der Waals surface area contributed by atoms with Crippen LogP contribution in [0.15, 0.2) is 18.2 Å². The number of nitrogens with one attached hydrogen (secondary N) is 1. The normalized spacial score (nSPS) is 15.8. The molecule has 1 amide bonds. The van der Waals surface area contributed by atoms with Crippen LogP contribution in [0.3, 0.4) is 0 Å². The van der Waals surface area contributed by atoms with Gasteiger partial charge in [-0.15, -0.1) is 12.4 Å². The summed E-state index contributed by atoms with van der Waals surface area (Å²) < 4.78 is 13.1. The largest absolute Gasteiger partial charge is 0.337 e. The predicted octanol–water partition coefficient (Wildman–Crippen LogP) is 1.99. The van der Waals surface area contributed by atoms with Crippen LogP contribution in [0.2, 0.25) is 0 Å². The maximum Gasteiger partial charge on any atom is 0.253 e. The summed E-state index contributed by atoms with van der Waals surface area (Å²) in [5, 5.41) is 3.25. The van der Waals surface area contributed by atoms with Gasteiger partial charge in [-0.2, -0.15) is 0 Å². The minimum absolute atomic E-state index is 0. The van der Waals surface area contributed by atoms with Crippen molar-refractivity contribution >= 4 is 18.3 Å². The summed E-state index contributed by atoms with van der Waals surface area (Å²) in [4.78, 5) is 14.0. The number of hydrogen-bond donors (Lipinski definition) is 1. The smallest absolute Gasteiger partial charge is 0.253 e. The van der Waals surface area contributed by atoms with Crippen molar-refractivity contribution in [2.45, 2.75) is 13.3 Å². The summed E-state index contributed by atoms with van der Waals surface area (Å²) in [7, 11) is 0. The summed E-state index contributed by atoms with van der Waals surface area (Å²) >= 11 is 0. The summed E-state index contributed by atoms with van der Waals surface area (Å²) in [5.74, 6) is -0.268. The van der Waals surface area contributed by atoms with Crippen LogP contribution in [0.4, 0.5) is 4.39 Å². The van der Waals surface area contributed by atoms with E-state index < -0.39 is 0 Å². The summed E-state index contributed by atoms with van der Waals surface area (Å²) in [6, 6.07) is 4.54. The molecule has 1 aromatic carbocycles. The molecule has 100 valence electrons. The third-order valence-corrected chi connectivity index (χ3v) is 3.03. The molecule has 1 fully saturated rings. The van der Waals surface area contributed by atoms with Crippen molar-refractivity contribution < 1.29 is 9.18 Å². The Balaban J connectivity index is 0.00000162. The second-order valence-electron chi connectivity index (χ2n) is 4.36. The lowest BCUT2D eigenvalue weighted by Crippen LogP contribution is -2.34. The van der Waals surface area contributed by atoms with Crippen molar-refractivity contribution in [3.63, 3.8) is 0 Å². The van der Waals surface area contributed by atoms with Crippen LogP contribution in [0, 0.1) is 12.7 Å². The average Bonchev–Trinajstić information content (AvgIpc) is 2.60. The topological polar surface area (TPSA) is 32.3 Å². The van der Waals surface area contributed by atoms with Gasteiger partial charge in [-0.3, -0.25) is 4.79 Å². The molecule has 1 N–H and O–H groups in total. The first-order chi connectivity index (χ1) is 8.18. The third kappa shape index (κ3) is 3.43. The van der Waals surface area contributed by atoms with E-state index >= 15 is 0 Å². The van der Waals surface area contributed by atoms with Crippen molar-refractivity contribution in [1.82, 2.24) is 10.2 Å². The zero-order chi connectivity index (χ0) is 12.3. The van der Waals surface area contributed by atoms with Gasteiger partial charge in [0.2, 0.25) is 0 Å². The number of rotatable bonds is 1. The molecule has 0 atom stereocenters. The van der Waals surface area contributed by atoms with Crippen LogP contribution < -0.4 is 5.32 Å². The molecule has 0 bridgehead atoms. The van der Waals surface area contributed by atoms with E-state index in [2.05, 4.69) is 5.32 Å². The molecule has 5 heteroatoms. The molecule has 1 aromatic rings. The lowest BCUT2D eigenvalue weighted by atomic mass is 10.1. The van der Waals surface area contributed by atoms with Crippen molar-refractivity contribution in [2.75, 3.05) is 26.2 Å². The Kier molecular flexibility index (Phi) is 5.56. The number of aryl methyl sites for hydroxylation is 1. The van der Waals surface area contributed by atoms with E-state index in [9.17, 15) is 9.18 Å². The molecule has 0 unspecified atom stereocenters. The van der Waals surface area contributed by atoms with Crippen molar-refractivity contribution in [1.29, 1.82) is 0 Å². The molecule has 0 radical (unpaired) electrons. The zero-order valence-electron chi connectivity index (χ0n) is 10.4. The molecule has 1 aliphatic heterocycles. The van der Waals surface area contributed by atoms with Gasteiger partial charge in [0.15, 0.2) is 0 Å².